The van der Waals surface area contributed by atoms with Gasteiger partial charge in [0, 0.05) is 5.56 Å². The van der Waals surface area contributed by atoms with Gasteiger partial charge in [-0.05, 0) is 49.1 Å². The van der Waals surface area contributed by atoms with E-state index in [-0.39, 0.29) is 5.56 Å². The fourth-order valence-corrected chi connectivity index (χ4v) is 3.84. The number of aryl methyl sites for hydroxylation is 1. The summed E-state index contributed by atoms with van der Waals surface area (Å²) in [5, 5.41) is 0. The molecule has 10 heteroatoms. The SMILES string of the molecule is COc1cc(C(=O)NNC(=O)CN(c2ccccc2C)S(C)(=O)=O)ccc1OCCC(C)C. The first-order valence-electron chi connectivity index (χ1n) is 10.5. The summed E-state index contributed by atoms with van der Waals surface area (Å²) < 4.78 is 36.4. The molecule has 0 aliphatic rings. The number of ether oxygens (including phenoxy) is 2. The number of methoxy groups -OCH3 is 1. The summed E-state index contributed by atoms with van der Waals surface area (Å²) in [6, 6.07) is 11.5. The van der Waals surface area contributed by atoms with Crippen molar-refractivity contribution < 1.29 is 27.5 Å². The van der Waals surface area contributed by atoms with Crippen LogP contribution in [0.2, 0.25) is 0 Å². The van der Waals surface area contributed by atoms with Crippen LogP contribution in [0.5, 0.6) is 11.5 Å². The first-order valence-corrected chi connectivity index (χ1v) is 12.3. The van der Waals surface area contributed by atoms with Crippen molar-refractivity contribution in [3.05, 3.63) is 53.6 Å². The number of sulfonamides is 1. The summed E-state index contributed by atoms with van der Waals surface area (Å²) >= 11 is 0. The average molecular weight is 478 g/mol. The van der Waals surface area contributed by atoms with Crippen LogP contribution in [0, 0.1) is 12.8 Å². The Morgan fingerprint density at radius 1 is 1.06 bits per heavy atom. The van der Waals surface area contributed by atoms with Gasteiger partial charge in [0.15, 0.2) is 11.5 Å². The Labute approximate surface area is 195 Å². The van der Waals surface area contributed by atoms with Crippen molar-refractivity contribution in [3.63, 3.8) is 0 Å². The highest BCUT2D eigenvalue weighted by Crippen LogP contribution is 2.28. The average Bonchev–Trinajstić information content (AvgIpc) is 2.75. The third kappa shape index (κ3) is 7.67. The number of carbonyl (C=O) groups is 2. The molecule has 2 aromatic rings. The third-order valence-electron chi connectivity index (χ3n) is 4.77. The zero-order valence-corrected chi connectivity index (χ0v) is 20.4. The van der Waals surface area contributed by atoms with Gasteiger partial charge in [-0.25, -0.2) is 8.42 Å². The summed E-state index contributed by atoms with van der Waals surface area (Å²) in [5.41, 5.74) is 5.87. The Kier molecular flexibility index (Phi) is 9.10. The second kappa shape index (κ2) is 11.6. The van der Waals surface area contributed by atoms with Crippen molar-refractivity contribution in [2.45, 2.75) is 27.2 Å². The van der Waals surface area contributed by atoms with Gasteiger partial charge in [-0.1, -0.05) is 32.0 Å². The topological polar surface area (TPSA) is 114 Å². The Morgan fingerprint density at radius 3 is 2.36 bits per heavy atom. The van der Waals surface area contributed by atoms with E-state index in [0.29, 0.717) is 35.3 Å². The number of para-hydroxylation sites is 1. The van der Waals surface area contributed by atoms with Gasteiger partial charge in [-0.15, -0.1) is 0 Å². The van der Waals surface area contributed by atoms with Crippen LogP contribution in [0.3, 0.4) is 0 Å². The predicted molar refractivity (Wildman–Crippen MR) is 127 cm³/mol. The van der Waals surface area contributed by atoms with Gasteiger partial charge >= 0.3 is 0 Å². The molecule has 0 bridgehead atoms. The van der Waals surface area contributed by atoms with E-state index in [1.54, 1.807) is 43.3 Å². The fraction of sp³-hybridized carbons (Fsp3) is 0.391. The Hall–Kier alpha value is -3.27. The van der Waals surface area contributed by atoms with Gasteiger partial charge in [0.2, 0.25) is 10.0 Å². The molecule has 0 unspecified atom stereocenters. The molecule has 9 nitrogen and oxygen atoms in total. The molecule has 0 saturated heterocycles. The third-order valence-corrected chi connectivity index (χ3v) is 5.89. The van der Waals surface area contributed by atoms with E-state index in [0.717, 1.165) is 17.0 Å². The standard InChI is InChI=1S/C23H31N3O6S/c1-16(2)12-13-32-20-11-10-18(14-21(20)31-4)23(28)25-24-22(27)15-26(33(5,29)30)19-9-7-6-8-17(19)3/h6-11,14,16H,12-13,15H2,1-5H3,(H,24,27)(H,25,28). The highest BCUT2D eigenvalue weighted by Gasteiger charge is 2.22. The molecule has 0 heterocycles. The number of hydrogen-bond acceptors (Lipinski definition) is 6. The van der Waals surface area contributed by atoms with Crippen LogP contribution in [0.15, 0.2) is 42.5 Å². The lowest BCUT2D eigenvalue weighted by Crippen LogP contribution is -2.47. The van der Waals surface area contributed by atoms with Gasteiger partial charge in [0.1, 0.15) is 6.54 Å². The Balaban J connectivity index is 2.03. The van der Waals surface area contributed by atoms with Gasteiger partial charge in [0.05, 0.1) is 25.7 Å². The van der Waals surface area contributed by atoms with Crippen molar-refractivity contribution in [2.24, 2.45) is 5.92 Å². The normalized spacial score (nSPS) is 11.1. The largest absolute Gasteiger partial charge is 0.493 e. The van der Waals surface area contributed by atoms with Crippen LogP contribution >= 0.6 is 0 Å². The number of anilines is 1. The molecule has 0 spiro atoms. The molecule has 2 N–H and O–H groups in total. The Bertz CT molecular complexity index is 1090. The van der Waals surface area contributed by atoms with Crippen LogP contribution in [0.4, 0.5) is 5.69 Å². The molecule has 2 rings (SSSR count). The molecule has 0 aliphatic heterocycles. The molecule has 33 heavy (non-hydrogen) atoms. The van der Waals surface area contributed by atoms with Crippen LogP contribution in [-0.2, 0) is 14.8 Å². The molecule has 2 amide bonds. The molecule has 180 valence electrons. The summed E-state index contributed by atoms with van der Waals surface area (Å²) in [6.45, 7) is 5.97. The number of hydrogen-bond donors (Lipinski definition) is 2. The maximum atomic E-state index is 12.5. The molecule has 2 aromatic carbocycles. The number of rotatable bonds is 10. The van der Waals surface area contributed by atoms with E-state index in [1.165, 1.54) is 13.2 Å². The van der Waals surface area contributed by atoms with Gasteiger partial charge < -0.3 is 9.47 Å². The zero-order chi connectivity index (χ0) is 24.6. The molecule has 0 fully saturated rings. The summed E-state index contributed by atoms with van der Waals surface area (Å²) in [4.78, 5) is 24.9. The van der Waals surface area contributed by atoms with Gasteiger partial charge in [0.25, 0.3) is 11.8 Å². The van der Waals surface area contributed by atoms with Crippen LogP contribution in [-0.4, -0.2) is 46.7 Å². The maximum absolute atomic E-state index is 12.5. The van der Waals surface area contributed by atoms with Crippen molar-refractivity contribution in [1.82, 2.24) is 10.9 Å². The fourth-order valence-electron chi connectivity index (χ4n) is 2.93. The minimum absolute atomic E-state index is 0.238. The maximum Gasteiger partial charge on any atom is 0.269 e. The molecule has 0 radical (unpaired) electrons. The van der Waals surface area contributed by atoms with Crippen molar-refractivity contribution >= 4 is 27.5 Å². The van der Waals surface area contributed by atoms with Crippen molar-refractivity contribution in [2.75, 3.05) is 30.8 Å². The number of nitrogens with zero attached hydrogens (tertiary/aromatic N) is 1. The van der Waals surface area contributed by atoms with Gasteiger partial charge in [-0.3, -0.25) is 24.7 Å². The summed E-state index contributed by atoms with van der Waals surface area (Å²) in [7, 11) is -2.25. The lowest BCUT2D eigenvalue weighted by Gasteiger charge is -2.23. The number of benzene rings is 2. The van der Waals surface area contributed by atoms with Crippen LogP contribution < -0.4 is 24.6 Å². The molecular formula is C23H31N3O6S. The minimum Gasteiger partial charge on any atom is -0.493 e. The lowest BCUT2D eigenvalue weighted by atomic mass is 10.1. The van der Waals surface area contributed by atoms with Gasteiger partial charge in [-0.2, -0.15) is 0 Å². The number of hydrazine groups is 1. The minimum atomic E-state index is -3.72. The first-order chi connectivity index (χ1) is 15.5. The van der Waals surface area contributed by atoms with E-state index >= 15 is 0 Å². The lowest BCUT2D eigenvalue weighted by molar-refractivity contribution is -0.120. The molecule has 0 saturated carbocycles. The Morgan fingerprint density at radius 2 is 1.76 bits per heavy atom. The van der Waals surface area contributed by atoms with Crippen LogP contribution in [0.1, 0.15) is 36.2 Å². The molecule has 0 atom stereocenters. The summed E-state index contributed by atoms with van der Waals surface area (Å²) in [6.07, 6.45) is 1.90. The zero-order valence-electron chi connectivity index (χ0n) is 19.5. The highest BCUT2D eigenvalue weighted by molar-refractivity contribution is 7.92. The second-order valence-corrected chi connectivity index (χ2v) is 9.86. The van der Waals surface area contributed by atoms with Crippen molar-refractivity contribution in [3.8, 4) is 11.5 Å². The number of carbonyl (C=O) groups excluding carboxylic acids is 2. The second-order valence-electron chi connectivity index (χ2n) is 7.96. The predicted octanol–water partition coefficient (Wildman–Crippen LogP) is 2.66. The van der Waals surface area contributed by atoms with E-state index in [2.05, 4.69) is 24.7 Å². The van der Waals surface area contributed by atoms with E-state index < -0.39 is 28.4 Å². The van der Waals surface area contributed by atoms with Crippen LogP contribution in [0.25, 0.3) is 0 Å². The molecule has 0 aliphatic carbocycles. The van der Waals surface area contributed by atoms with E-state index in [1.807, 2.05) is 0 Å². The van der Waals surface area contributed by atoms with E-state index in [9.17, 15) is 18.0 Å². The van der Waals surface area contributed by atoms with E-state index in [4.69, 9.17) is 9.47 Å². The summed E-state index contributed by atoms with van der Waals surface area (Å²) in [5.74, 6) is 0.116. The molecular weight excluding hydrogens is 446 g/mol. The van der Waals surface area contributed by atoms with Crippen molar-refractivity contribution in [1.29, 1.82) is 0 Å². The molecule has 0 aromatic heterocycles. The first kappa shape index (κ1) is 26.0. The number of nitrogens with one attached hydrogen (secondary N) is 2. The quantitative estimate of drug-likeness (QED) is 0.509. The monoisotopic (exact) mass is 477 g/mol. The smallest absolute Gasteiger partial charge is 0.269 e. The highest BCUT2D eigenvalue weighted by atomic mass is 32.2. The number of amides is 2.